The van der Waals surface area contributed by atoms with Gasteiger partial charge in [0, 0.05) is 0 Å². The molecule has 1 saturated carbocycles. The summed E-state index contributed by atoms with van der Waals surface area (Å²) in [6.45, 7) is 2.58. The van der Waals surface area contributed by atoms with Crippen molar-refractivity contribution < 1.29 is 19.4 Å². The lowest BCUT2D eigenvalue weighted by Crippen LogP contribution is -2.33. The van der Waals surface area contributed by atoms with Gasteiger partial charge in [-0.25, -0.2) is 0 Å². The lowest BCUT2D eigenvalue weighted by molar-refractivity contribution is -0.159. The number of carbonyl (C=O) groups is 2. The fraction of sp³-hybridized carbons (Fsp3) is 0.800. The van der Waals surface area contributed by atoms with E-state index in [1.54, 1.807) is 0 Å². The maximum absolute atomic E-state index is 12.1. The average Bonchev–Trinajstić information content (AvgIpc) is 2.59. The van der Waals surface area contributed by atoms with Crippen molar-refractivity contribution in [2.45, 2.75) is 84.0 Å². The molecule has 0 amide bonds. The second kappa shape index (κ2) is 13.0. The minimum absolute atomic E-state index is 0.301. The fourth-order valence-corrected chi connectivity index (χ4v) is 3.34. The Hall–Kier alpha value is -1.32. The number of rotatable bonds is 12. The highest BCUT2D eigenvalue weighted by Crippen LogP contribution is 2.31. The number of allylic oxidation sites excluding steroid dienone is 2. The van der Waals surface area contributed by atoms with Crippen molar-refractivity contribution in [3.05, 3.63) is 12.2 Å². The lowest BCUT2D eigenvalue weighted by Gasteiger charge is -2.26. The molecule has 1 rings (SSSR count). The van der Waals surface area contributed by atoms with E-state index in [1.165, 1.54) is 32.1 Å². The van der Waals surface area contributed by atoms with Crippen molar-refractivity contribution in [3.63, 3.8) is 0 Å². The minimum Gasteiger partial charge on any atom is -0.481 e. The van der Waals surface area contributed by atoms with E-state index in [-0.39, 0.29) is 5.97 Å². The molecule has 0 spiro atoms. The fourth-order valence-electron chi connectivity index (χ4n) is 3.34. The molecule has 0 bridgehead atoms. The molecular weight excluding hydrogens is 304 g/mol. The van der Waals surface area contributed by atoms with Crippen molar-refractivity contribution >= 4 is 11.9 Å². The summed E-state index contributed by atoms with van der Waals surface area (Å²) in [6, 6.07) is 0. The third kappa shape index (κ3) is 8.51. The zero-order valence-corrected chi connectivity index (χ0v) is 15.2. The molecule has 2 atom stereocenters. The molecule has 1 N–H and O–H groups in total. The molecule has 4 heteroatoms. The van der Waals surface area contributed by atoms with Crippen LogP contribution < -0.4 is 0 Å². The molecule has 0 aliphatic heterocycles. The van der Waals surface area contributed by atoms with Gasteiger partial charge in [0.2, 0.25) is 0 Å². The highest BCUT2D eigenvalue weighted by molar-refractivity contribution is 5.81. The monoisotopic (exact) mass is 338 g/mol. The first-order valence-corrected chi connectivity index (χ1v) is 9.71. The SMILES string of the molecule is CC/C=C/CCCCCCCCOC(=O)C1CCCCC1C(=O)O. The largest absolute Gasteiger partial charge is 0.481 e. The van der Waals surface area contributed by atoms with Gasteiger partial charge in [0.15, 0.2) is 0 Å². The van der Waals surface area contributed by atoms with Crippen LogP contribution in [0.2, 0.25) is 0 Å². The molecule has 0 aromatic heterocycles. The Labute approximate surface area is 146 Å². The molecule has 138 valence electrons. The summed E-state index contributed by atoms with van der Waals surface area (Å²) in [7, 11) is 0. The van der Waals surface area contributed by atoms with Crippen LogP contribution in [0.5, 0.6) is 0 Å². The first-order chi connectivity index (χ1) is 11.7. The van der Waals surface area contributed by atoms with Gasteiger partial charge in [-0.2, -0.15) is 0 Å². The highest BCUT2D eigenvalue weighted by Gasteiger charge is 2.36. The molecule has 0 aromatic carbocycles. The first kappa shape index (κ1) is 20.7. The normalized spacial score (nSPS) is 21.0. The van der Waals surface area contributed by atoms with E-state index in [2.05, 4.69) is 19.1 Å². The number of hydrogen-bond donors (Lipinski definition) is 1. The molecule has 0 heterocycles. The Morgan fingerprint density at radius 2 is 1.58 bits per heavy atom. The van der Waals surface area contributed by atoms with E-state index < -0.39 is 17.8 Å². The summed E-state index contributed by atoms with van der Waals surface area (Å²) in [5.74, 6) is -2.14. The van der Waals surface area contributed by atoms with Crippen LogP contribution in [-0.2, 0) is 14.3 Å². The number of carbonyl (C=O) groups excluding carboxylic acids is 1. The Morgan fingerprint density at radius 3 is 2.25 bits per heavy atom. The summed E-state index contributed by atoms with van der Waals surface area (Å²) in [6.07, 6.45) is 16.7. The summed E-state index contributed by atoms with van der Waals surface area (Å²) in [5.41, 5.74) is 0. The number of ether oxygens (including phenoxy) is 1. The summed E-state index contributed by atoms with van der Waals surface area (Å²) in [4.78, 5) is 23.3. The Kier molecular flexibility index (Phi) is 11.2. The molecular formula is C20H34O4. The summed E-state index contributed by atoms with van der Waals surface area (Å²) < 4.78 is 5.32. The van der Waals surface area contributed by atoms with Crippen LogP contribution in [0.3, 0.4) is 0 Å². The zero-order valence-electron chi connectivity index (χ0n) is 15.2. The van der Waals surface area contributed by atoms with Gasteiger partial charge in [-0.05, 0) is 38.5 Å². The van der Waals surface area contributed by atoms with E-state index in [4.69, 9.17) is 4.74 Å². The highest BCUT2D eigenvalue weighted by atomic mass is 16.5. The predicted molar refractivity (Wildman–Crippen MR) is 95.8 cm³/mol. The number of carboxylic acid groups (broad SMARTS) is 1. The van der Waals surface area contributed by atoms with Crippen molar-refractivity contribution in [1.29, 1.82) is 0 Å². The lowest BCUT2D eigenvalue weighted by atomic mass is 9.79. The Morgan fingerprint density at radius 1 is 0.958 bits per heavy atom. The molecule has 4 nitrogen and oxygen atoms in total. The predicted octanol–water partition coefficient (Wildman–Crippen LogP) is 5.12. The number of aliphatic carboxylic acids is 1. The van der Waals surface area contributed by atoms with Crippen molar-refractivity contribution in [2.75, 3.05) is 6.61 Å². The van der Waals surface area contributed by atoms with Crippen LogP contribution in [0.4, 0.5) is 0 Å². The van der Waals surface area contributed by atoms with Gasteiger partial charge in [-0.15, -0.1) is 0 Å². The Bertz CT molecular complexity index is 389. The van der Waals surface area contributed by atoms with E-state index >= 15 is 0 Å². The maximum atomic E-state index is 12.1. The van der Waals surface area contributed by atoms with E-state index in [0.717, 1.165) is 32.1 Å². The van der Waals surface area contributed by atoms with E-state index in [9.17, 15) is 14.7 Å². The van der Waals surface area contributed by atoms with Gasteiger partial charge in [-0.3, -0.25) is 9.59 Å². The van der Waals surface area contributed by atoms with Crippen molar-refractivity contribution in [1.82, 2.24) is 0 Å². The van der Waals surface area contributed by atoms with E-state index in [1.807, 2.05) is 0 Å². The van der Waals surface area contributed by atoms with Gasteiger partial charge in [-0.1, -0.05) is 57.6 Å². The second-order valence-corrected chi connectivity index (χ2v) is 6.79. The molecule has 2 unspecified atom stereocenters. The van der Waals surface area contributed by atoms with Crippen LogP contribution in [0, 0.1) is 11.8 Å². The van der Waals surface area contributed by atoms with Gasteiger partial charge in [0.1, 0.15) is 0 Å². The van der Waals surface area contributed by atoms with Crippen LogP contribution in [0.25, 0.3) is 0 Å². The van der Waals surface area contributed by atoms with Gasteiger partial charge >= 0.3 is 11.9 Å². The molecule has 0 saturated heterocycles. The third-order valence-corrected chi connectivity index (χ3v) is 4.80. The summed E-state index contributed by atoms with van der Waals surface area (Å²) in [5, 5.41) is 9.21. The first-order valence-electron chi connectivity index (χ1n) is 9.71. The number of unbranched alkanes of at least 4 members (excludes halogenated alkanes) is 6. The molecule has 1 aliphatic rings. The molecule has 24 heavy (non-hydrogen) atoms. The minimum atomic E-state index is -0.856. The number of esters is 1. The topological polar surface area (TPSA) is 63.6 Å². The smallest absolute Gasteiger partial charge is 0.309 e. The number of carboxylic acids is 1. The standard InChI is InChI=1S/C20H34O4/c1-2-3-4-5-6-7-8-9-10-13-16-24-20(23)18-15-12-11-14-17(18)19(21)22/h3-4,17-18H,2,5-16H2,1H3,(H,21,22)/b4-3+. The van der Waals surface area contributed by atoms with Crippen LogP contribution in [0.15, 0.2) is 12.2 Å². The van der Waals surface area contributed by atoms with E-state index in [0.29, 0.717) is 19.4 Å². The quantitative estimate of drug-likeness (QED) is 0.305. The molecule has 0 aromatic rings. The van der Waals surface area contributed by atoms with Gasteiger partial charge in [0.05, 0.1) is 18.4 Å². The van der Waals surface area contributed by atoms with Crippen molar-refractivity contribution in [2.24, 2.45) is 11.8 Å². The van der Waals surface area contributed by atoms with Gasteiger partial charge < -0.3 is 9.84 Å². The van der Waals surface area contributed by atoms with Crippen molar-refractivity contribution in [3.8, 4) is 0 Å². The molecule has 1 aliphatic carbocycles. The Balaban J connectivity index is 2.03. The summed E-state index contributed by atoms with van der Waals surface area (Å²) >= 11 is 0. The van der Waals surface area contributed by atoms with Crippen LogP contribution >= 0.6 is 0 Å². The number of hydrogen-bond acceptors (Lipinski definition) is 3. The van der Waals surface area contributed by atoms with Crippen LogP contribution in [-0.4, -0.2) is 23.7 Å². The van der Waals surface area contributed by atoms with Crippen LogP contribution in [0.1, 0.15) is 84.0 Å². The second-order valence-electron chi connectivity index (χ2n) is 6.79. The molecule has 0 radical (unpaired) electrons. The average molecular weight is 338 g/mol. The van der Waals surface area contributed by atoms with Gasteiger partial charge in [0.25, 0.3) is 0 Å². The molecule has 1 fully saturated rings. The zero-order chi connectivity index (χ0) is 17.6. The third-order valence-electron chi connectivity index (χ3n) is 4.80. The maximum Gasteiger partial charge on any atom is 0.309 e.